The van der Waals surface area contributed by atoms with Crippen molar-refractivity contribution in [2.75, 3.05) is 11.4 Å². The standard InChI is InChI=1S/C17H23N3/c1-3-16(18)17-11-10-15(12-19-17)20(4-2)13-14-8-6-5-7-9-14/h5-12,16H,3-4,13,18H2,1-2H3. The number of nitrogens with two attached hydrogens (primary N) is 1. The number of aromatic nitrogens is 1. The number of benzene rings is 1. The highest BCUT2D eigenvalue weighted by Crippen LogP contribution is 2.19. The molecule has 20 heavy (non-hydrogen) atoms. The van der Waals surface area contributed by atoms with Crippen LogP contribution in [0.4, 0.5) is 5.69 Å². The van der Waals surface area contributed by atoms with E-state index in [-0.39, 0.29) is 6.04 Å². The average Bonchev–Trinajstić information content (AvgIpc) is 2.53. The molecule has 3 heteroatoms. The summed E-state index contributed by atoms with van der Waals surface area (Å²) in [7, 11) is 0. The Morgan fingerprint density at radius 2 is 1.85 bits per heavy atom. The van der Waals surface area contributed by atoms with Crippen LogP contribution in [0.15, 0.2) is 48.7 Å². The van der Waals surface area contributed by atoms with Gasteiger partial charge in [-0.05, 0) is 31.0 Å². The van der Waals surface area contributed by atoms with E-state index in [4.69, 9.17) is 5.73 Å². The molecule has 0 radical (unpaired) electrons. The Balaban J connectivity index is 2.11. The van der Waals surface area contributed by atoms with E-state index in [1.54, 1.807) is 0 Å². The lowest BCUT2D eigenvalue weighted by Gasteiger charge is -2.23. The molecule has 106 valence electrons. The Morgan fingerprint density at radius 3 is 2.40 bits per heavy atom. The molecule has 1 unspecified atom stereocenters. The van der Waals surface area contributed by atoms with E-state index in [0.29, 0.717) is 0 Å². The lowest BCUT2D eigenvalue weighted by molar-refractivity contribution is 0.674. The lowest BCUT2D eigenvalue weighted by Crippen LogP contribution is -2.22. The van der Waals surface area contributed by atoms with Crippen molar-refractivity contribution in [2.24, 2.45) is 5.73 Å². The average molecular weight is 269 g/mol. The molecule has 0 aliphatic carbocycles. The fourth-order valence-electron chi connectivity index (χ4n) is 2.20. The van der Waals surface area contributed by atoms with Gasteiger partial charge in [-0.25, -0.2) is 0 Å². The largest absolute Gasteiger partial charge is 0.366 e. The van der Waals surface area contributed by atoms with Gasteiger partial charge >= 0.3 is 0 Å². The van der Waals surface area contributed by atoms with Crippen molar-refractivity contribution in [3.8, 4) is 0 Å². The van der Waals surface area contributed by atoms with Crippen molar-refractivity contribution >= 4 is 5.69 Å². The monoisotopic (exact) mass is 269 g/mol. The van der Waals surface area contributed by atoms with Crippen LogP contribution in [0.25, 0.3) is 0 Å². The highest BCUT2D eigenvalue weighted by Gasteiger charge is 2.08. The van der Waals surface area contributed by atoms with Crippen LogP contribution in [0.2, 0.25) is 0 Å². The first-order valence-corrected chi connectivity index (χ1v) is 7.25. The normalized spacial score (nSPS) is 12.2. The van der Waals surface area contributed by atoms with Crippen molar-refractivity contribution in [3.63, 3.8) is 0 Å². The summed E-state index contributed by atoms with van der Waals surface area (Å²) in [4.78, 5) is 6.80. The summed E-state index contributed by atoms with van der Waals surface area (Å²) in [6, 6.07) is 14.7. The molecule has 0 fully saturated rings. The third kappa shape index (κ3) is 3.58. The van der Waals surface area contributed by atoms with Gasteiger partial charge in [0.25, 0.3) is 0 Å². The van der Waals surface area contributed by atoms with Crippen LogP contribution in [0.3, 0.4) is 0 Å². The van der Waals surface area contributed by atoms with Crippen LogP contribution in [0.1, 0.15) is 37.6 Å². The van der Waals surface area contributed by atoms with Crippen molar-refractivity contribution in [1.29, 1.82) is 0 Å². The first-order chi connectivity index (χ1) is 9.74. The maximum atomic E-state index is 6.00. The quantitative estimate of drug-likeness (QED) is 0.872. The predicted molar refractivity (Wildman–Crippen MR) is 84.6 cm³/mol. The zero-order valence-electron chi connectivity index (χ0n) is 12.3. The van der Waals surface area contributed by atoms with Gasteiger partial charge in [-0.2, -0.15) is 0 Å². The summed E-state index contributed by atoms with van der Waals surface area (Å²) in [5.74, 6) is 0. The maximum Gasteiger partial charge on any atom is 0.0572 e. The summed E-state index contributed by atoms with van der Waals surface area (Å²) in [5.41, 5.74) is 9.42. The Hall–Kier alpha value is -1.87. The third-order valence-corrected chi connectivity index (χ3v) is 3.55. The molecule has 0 bridgehead atoms. The van der Waals surface area contributed by atoms with Crippen molar-refractivity contribution in [1.82, 2.24) is 4.98 Å². The number of pyridine rings is 1. The fourth-order valence-corrected chi connectivity index (χ4v) is 2.20. The Labute approximate surface area is 121 Å². The van der Waals surface area contributed by atoms with Crippen LogP contribution < -0.4 is 10.6 Å². The van der Waals surface area contributed by atoms with Gasteiger partial charge in [0.2, 0.25) is 0 Å². The van der Waals surface area contributed by atoms with Gasteiger partial charge in [0.1, 0.15) is 0 Å². The van der Waals surface area contributed by atoms with Crippen LogP contribution in [-0.2, 0) is 6.54 Å². The van der Waals surface area contributed by atoms with Gasteiger partial charge in [0.05, 0.1) is 17.6 Å². The molecule has 0 amide bonds. The highest BCUT2D eigenvalue weighted by molar-refractivity contribution is 5.45. The number of nitrogens with zero attached hydrogens (tertiary/aromatic N) is 2. The minimum Gasteiger partial charge on any atom is -0.366 e. The molecule has 0 saturated carbocycles. The lowest BCUT2D eigenvalue weighted by atomic mass is 10.1. The Kier molecular flexibility index (Phi) is 5.13. The molecular formula is C17H23N3. The summed E-state index contributed by atoms with van der Waals surface area (Å²) >= 11 is 0. The molecule has 3 nitrogen and oxygen atoms in total. The molecule has 2 rings (SSSR count). The molecule has 2 aromatic rings. The first-order valence-electron chi connectivity index (χ1n) is 7.25. The van der Waals surface area contributed by atoms with Crippen molar-refractivity contribution in [2.45, 2.75) is 32.9 Å². The van der Waals surface area contributed by atoms with Gasteiger partial charge < -0.3 is 10.6 Å². The minimum atomic E-state index is 0.0354. The number of rotatable bonds is 6. The molecule has 0 aliphatic rings. The molecule has 1 heterocycles. The Bertz CT molecular complexity index is 508. The van der Waals surface area contributed by atoms with Crippen LogP contribution in [0, 0.1) is 0 Å². The zero-order chi connectivity index (χ0) is 14.4. The maximum absolute atomic E-state index is 6.00. The van der Waals surface area contributed by atoms with E-state index in [9.17, 15) is 0 Å². The molecule has 0 aliphatic heterocycles. The van der Waals surface area contributed by atoms with Gasteiger partial charge in [-0.3, -0.25) is 4.98 Å². The van der Waals surface area contributed by atoms with E-state index in [2.05, 4.69) is 54.1 Å². The fraction of sp³-hybridized carbons (Fsp3) is 0.353. The molecule has 1 aromatic carbocycles. The SMILES string of the molecule is CCC(N)c1ccc(N(CC)Cc2ccccc2)cn1. The van der Waals surface area contributed by atoms with E-state index in [1.165, 1.54) is 5.56 Å². The second-order valence-corrected chi connectivity index (χ2v) is 4.96. The third-order valence-electron chi connectivity index (χ3n) is 3.55. The predicted octanol–water partition coefficient (Wildman–Crippen LogP) is 3.52. The Morgan fingerprint density at radius 1 is 1.10 bits per heavy atom. The second kappa shape index (κ2) is 7.06. The summed E-state index contributed by atoms with van der Waals surface area (Å²) < 4.78 is 0. The number of hydrogen-bond donors (Lipinski definition) is 1. The highest BCUT2D eigenvalue weighted by atomic mass is 15.1. The molecule has 1 aromatic heterocycles. The minimum absolute atomic E-state index is 0.0354. The number of hydrogen-bond acceptors (Lipinski definition) is 3. The smallest absolute Gasteiger partial charge is 0.0572 e. The molecule has 0 saturated heterocycles. The van der Waals surface area contributed by atoms with Gasteiger partial charge in [0, 0.05) is 19.1 Å². The summed E-state index contributed by atoms with van der Waals surface area (Å²) in [5, 5.41) is 0. The molecule has 2 N–H and O–H groups in total. The van der Waals surface area contributed by atoms with Crippen LogP contribution in [0.5, 0.6) is 0 Å². The van der Waals surface area contributed by atoms with E-state index >= 15 is 0 Å². The second-order valence-electron chi connectivity index (χ2n) is 4.96. The van der Waals surface area contributed by atoms with Crippen LogP contribution >= 0.6 is 0 Å². The molecule has 0 spiro atoms. The van der Waals surface area contributed by atoms with E-state index in [1.807, 2.05) is 18.3 Å². The molecule has 1 atom stereocenters. The van der Waals surface area contributed by atoms with Crippen molar-refractivity contribution in [3.05, 3.63) is 59.9 Å². The van der Waals surface area contributed by atoms with E-state index in [0.717, 1.165) is 30.9 Å². The van der Waals surface area contributed by atoms with Gasteiger partial charge in [-0.15, -0.1) is 0 Å². The summed E-state index contributed by atoms with van der Waals surface area (Å²) in [6.07, 6.45) is 2.84. The van der Waals surface area contributed by atoms with E-state index < -0.39 is 0 Å². The van der Waals surface area contributed by atoms with Gasteiger partial charge in [-0.1, -0.05) is 37.3 Å². The number of anilines is 1. The first kappa shape index (κ1) is 14.5. The van der Waals surface area contributed by atoms with Crippen LogP contribution in [-0.4, -0.2) is 11.5 Å². The van der Waals surface area contributed by atoms with Crippen molar-refractivity contribution < 1.29 is 0 Å². The zero-order valence-corrected chi connectivity index (χ0v) is 12.3. The summed E-state index contributed by atoms with van der Waals surface area (Å²) in [6.45, 7) is 6.09. The topological polar surface area (TPSA) is 42.1 Å². The molecular weight excluding hydrogens is 246 g/mol. The van der Waals surface area contributed by atoms with Gasteiger partial charge in [0.15, 0.2) is 0 Å².